The Labute approximate surface area is 142 Å². The van der Waals surface area contributed by atoms with Crippen molar-refractivity contribution in [3.8, 4) is 0 Å². The summed E-state index contributed by atoms with van der Waals surface area (Å²) < 4.78 is 11.4. The van der Waals surface area contributed by atoms with Crippen LogP contribution in [0.3, 0.4) is 0 Å². The van der Waals surface area contributed by atoms with E-state index in [4.69, 9.17) is 9.47 Å². The van der Waals surface area contributed by atoms with Gasteiger partial charge in [0.1, 0.15) is 5.60 Å². The van der Waals surface area contributed by atoms with Crippen LogP contribution in [-0.2, 0) is 14.3 Å². The minimum atomic E-state index is -0.934. The van der Waals surface area contributed by atoms with Gasteiger partial charge in [-0.1, -0.05) is 30.3 Å². The Morgan fingerprint density at radius 1 is 1.29 bits per heavy atom. The monoisotopic (exact) mass is 331 g/mol. The lowest BCUT2D eigenvalue weighted by atomic mass is 9.76. The third kappa shape index (κ3) is 3.18. The van der Waals surface area contributed by atoms with Crippen molar-refractivity contribution in [1.82, 2.24) is 4.90 Å². The Kier molecular flexibility index (Phi) is 4.38. The van der Waals surface area contributed by atoms with Crippen LogP contribution in [0.5, 0.6) is 0 Å². The summed E-state index contributed by atoms with van der Waals surface area (Å²) in [5.41, 5.74) is -0.421. The number of rotatable bonds is 1. The van der Waals surface area contributed by atoms with Gasteiger partial charge in [0.15, 0.2) is 11.4 Å². The molecule has 1 aromatic carbocycles. The van der Waals surface area contributed by atoms with Crippen molar-refractivity contribution in [3.63, 3.8) is 0 Å². The number of hydrogen-bond donors (Lipinski definition) is 0. The molecule has 1 amide bonds. The second kappa shape index (κ2) is 6.20. The normalized spacial score (nSPS) is 27.5. The van der Waals surface area contributed by atoms with Crippen molar-refractivity contribution in [2.75, 3.05) is 19.7 Å². The van der Waals surface area contributed by atoms with Crippen LogP contribution < -0.4 is 0 Å². The Morgan fingerprint density at radius 3 is 2.67 bits per heavy atom. The van der Waals surface area contributed by atoms with E-state index in [1.54, 1.807) is 0 Å². The largest absolute Gasteiger partial charge is 0.444 e. The molecule has 24 heavy (non-hydrogen) atoms. The molecule has 2 atom stereocenters. The van der Waals surface area contributed by atoms with Gasteiger partial charge in [-0.25, -0.2) is 4.79 Å². The molecule has 130 valence electrons. The molecule has 5 heteroatoms. The Hall–Kier alpha value is -1.88. The molecule has 0 bridgehead atoms. The number of Topliss-reactive ketones (excluding diaryl/α,β-unsaturated/α-hetero) is 1. The zero-order valence-electron chi connectivity index (χ0n) is 14.6. The van der Waals surface area contributed by atoms with Crippen LogP contribution in [0.2, 0.25) is 0 Å². The molecule has 2 aliphatic heterocycles. The van der Waals surface area contributed by atoms with Gasteiger partial charge in [-0.3, -0.25) is 9.69 Å². The molecule has 5 nitrogen and oxygen atoms in total. The highest BCUT2D eigenvalue weighted by Crippen LogP contribution is 2.43. The molecular formula is C19H25NO4. The molecule has 0 aliphatic carbocycles. The first kappa shape index (κ1) is 17.0. The summed E-state index contributed by atoms with van der Waals surface area (Å²) in [5.74, 6) is -0.0469. The SMILES string of the molecule is CC(C)(C)OC(=O)N1CC(=O)[C@]2(C1)OCCC[C@@H]2c1ccccc1. The van der Waals surface area contributed by atoms with Crippen molar-refractivity contribution in [1.29, 1.82) is 0 Å². The molecule has 0 radical (unpaired) electrons. The van der Waals surface area contributed by atoms with E-state index in [9.17, 15) is 9.59 Å². The van der Waals surface area contributed by atoms with Gasteiger partial charge in [0.2, 0.25) is 0 Å². The van der Waals surface area contributed by atoms with Crippen LogP contribution in [0.15, 0.2) is 30.3 Å². The fourth-order valence-corrected chi connectivity index (χ4v) is 3.62. The second-order valence-corrected chi connectivity index (χ2v) is 7.60. The summed E-state index contributed by atoms with van der Waals surface area (Å²) in [6, 6.07) is 9.98. The number of nitrogens with zero attached hydrogens (tertiary/aromatic N) is 1. The van der Waals surface area contributed by atoms with E-state index < -0.39 is 17.3 Å². The zero-order chi connectivity index (χ0) is 17.4. The number of hydrogen-bond acceptors (Lipinski definition) is 4. The zero-order valence-corrected chi connectivity index (χ0v) is 14.6. The number of likely N-dealkylation sites (tertiary alicyclic amines) is 1. The third-order valence-electron chi connectivity index (χ3n) is 4.65. The summed E-state index contributed by atoms with van der Waals surface area (Å²) in [7, 11) is 0. The number of carbonyl (C=O) groups excluding carboxylic acids is 2. The molecule has 0 aromatic heterocycles. The highest BCUT2D eigenvalue weighted by molar-refractivity contribution is 5.96. The smallest absolute Gasteiger partial charge is 0.410 e. The maximum atomic E-state index is 12.8. The van der Waals surface area contributed by atoms with E-state index in [-0.39, 0.29) is 24.8 Å². The van der Waals surface area contributed by atoms with Gasteiger partial charge in [-0.15, -0.1) is 0 Å². The Morgan fingerprint density at radius 2 is 2.00 bits per heavy atom. The molecule has 0 N–H and O–H groups in total. The summed E-state index contributed by atoms with van der Waals surface area (Å²) >= 11 is 0. The average Bonchev–Trinajstić information content (AvgIpc) is 2.85. The van der Waals surface area contributed by atoms with Gasteiger partial charge in [-0.2, -0.15) is 0 Å². The lowest BCUT2D eigenvalue weighted by Crippen LogP contribution is -2.50. The van der Waals surface area contributed by atoms with E-state index in [1.165, 1.54) is 4.90 Å². The number of carbonyl (C=O) groups is 2. The van der Waals surface area contributed by atoms with Gasteiger partial charge in [0.05, 0.1) is 13.1 Å². The number of ketones is 1. The summed E-state index contributed by atoms with van der Waals surface area (Å²) in [6.45, 7) is 6.34. The minimum absolute atomic E-state index is 0.0209. The van der Waals surface area contributed by atoms with Gasteiger partial charge in [0.25, 0.3) is 0 Å². The molecular weight excluding hydrogens is 306 g/mol. The van der Waals surface area contributed by atoms with E-state index in [1.807, 2.05) is 51.1 Å². The van der Waals surface area contributed by atoms with E-state index >= 15 is 0 Å². The molecule has 0 saturated carbocycles. The van der Waals surface area contributed by atoms with Crippen molar-refractivity contribution in [2.45, 2.75) is 50.7 Å². The molecule has 2 aliphatic rings. The number of ether oxygens (including phenoxy) is 2. The third-order valence-corrected chi connectivity index (χ3v) is 4.65. The molecule has 1 aromatic rings. The van der Waals surface area contributed by atoms with Crippen molar-refractivity contribution in [3.05, 3.63) is 35.9 Å². The summed E-state index contributed by atoms with van der Waals surface area (Å²) in [4.78, 5) is 26.7. The minimum Gasteiger partial charge on any atom is -0.444 e. The van der Waals surface area contributed by atoms with Gasteiger partial charge < -0.3 is 9.47 Å². The van der Waals surface area contributed by atoms with Crippen LogP contribution in [-0.4, -0.2) is 47.7 Å². The van der Waals surface area contributed by atoms with E-state index in [2.05, 4.69) is 0 Å². The maximum absolute atomic E-state index is 12.8. The Balaban J connectivity index is 1.85. The van der Waals surface area contributed by atoms with Crippen LogP contribution in [0.1, 0.15) is 45.1 Å². The quantitative estimate of drug-likeness (QED) is 0.793. The lowest BCUT2D eigenvalue weighted by Gasteiger charge is -2.40. The van der Waals surface area contributed by atoms with Crippen LogP contribution in [0, 0.1) is 0 Å². The predicted octanol–water partition coefficient (Wildman–Crippen LogP) is 3.14. The molecule has 2 heterocycles. The topological polar surface area (TPSA) is 55.8 Å². The highest BCUT2D eigenvalue weighted by Gasteiger charge is 2.55. The van der Waals surface area contributed by atoms with Crippen LogP contribution in [0.25, 0.3) is 0 Å². The summed E-state index contributed by atoms with van der Waals surface area (Å²) in [5, 5.41) is 0. The predicted molar refractivity (Wildman–Crippen MR) is 89.9 cm³/mol. The van der Waals surface area contributed by atoms with Gasteiger partial charge in [-0.05, 0) is 39.2 Å². The lowest BCUT2D eigenvalue weighted by molar-refractivity contribution is -0.146. The first-order valence-corrected chi connectivity index (χ1v) is 8.52. The van der Waals surface area contributed by atoms with Crippen LogP contribution in [0.4, 0.5) is 4.79 Å². The molecule has 2 fully saturated rings. The molecule has 2 saturated heterocycles. The second-order valence-electron chi connectivity index (χ2n) is 7.60. The van der Waals surface area contributed by atoms with E-state index in [0.717, 1.165) is 18.4 Å². The average molecular weight is 331 g/mol. The molecule has 3 rings (SSSR count). The first-order chi connectivity index (χ1) is 11.3. The van der Waals surface area contributed by atoms with Gasteiger partial charge >= 0.3 is 6.09 Å². The standard InChI is InChI=1S/C19H25NO4/c1-18(2,3)24-17(22)20-12-16(21)19(13-20)15(10-7-11-23-19)14-8-5-4-6-9-14/h4-6,8-9,15H,7,10-13H2,1-3H3/t15-,19-/m1/s1. The van der Waals surface area contributed by atoms with E-state index in [0.29, 0.717) is 6.61 Å². The fourth-order valence-electron chi connectivity index (χ4n) is 3.62. The molecule has 1 spiro atoms. The van der Waals surface area contributed by atoms with Crippen molar-refractivity contribution >= 4 is 11.9 Å². The van der Waals surface area contributed by atoms with Gasteiger partial charge in [0, 0.05) is 12.5 Å². The maximum Gasteiger partial charge on any atom is 0.410 e. The highest BCUT2D eigenvalue weighted by atomic mass is 16.6. The number of benzene rings is 1. The number of amides is 1. The first-order valence-electron chi connectivity index (χ1n) is 8.52. The summed E-state index contributed by atoms with van der Waals surface area (Å²) in [6.07, 6.45) is 1.35. The van der Waals surface area contributed by atoms with Crippen molar-refractivity contribution < 1.29 is 19.1 Å². The fraction of sp³-hybridized carbons (Fsp3) is 0.579. The van der Waals surface area contributed by atoms with Crippen molar-refractivity contribution in [2.24, 2.45) is 0 Å². The molecule has 0 unspecified atom stereocenters. The van der Waals surface area contributed by atoms with Crippen LogP contribution >= 0.6 is 0 Å². The Bertz CT molecular complexity index is 622.